The molecule has 3 rings (SSSR count). The SMILES string of the molecule is CCc1nc2ccccc2n1Cc1cc(F)cc(CN)c1. The van der Waals surface area contributed by atoms with Crippen molar-refractivity contribution in [1.29, 1.82) is 0 Å². The van der Waals surface area contributed by atoms with Gasteiger partial charge in [-0.15, -0.1) is 0 Å². The molecule has 3 aromatic rings. The van der Waals surface area contributed by atoms with Crippen molar-refractivity contribution in [1.82, 2.24) is 9.55 Å². The molecule has 0 fully saturated rings. The molecular formula is C17H18FN3. The Kier molecular flexibility index (Phi) is 3.71. The molecule has 0 unspecified atom stereocenters. The van der Waals surface area contributed by atoms with E-state index >= 15 is 0 Å². The zero-order valence-corrected chi connectivity index (χ0v) is 12.0. The second-order valence-corrected chi connectivity index (χ2v) is 5.13. The third kappa shape index (κ3) is 2.67. The molecule has 0 aliphatic rings. The normalized spacial score (nSPS) is 11.2. The van der Waals surface area contributed by atoms with Crippen LogP contribution in [0.2, 0.25) is 0 Å². The Hall–Kier alpha value is -2.20. The van der Waals surface area contributed by atoms with Gasteiger partial charge in [0.2, 0.25) is 0 Å². The van der Waals surface area contributed by atoms with Crippen LogP contribution in [0.15, 0.2) is 42.5 Å². The van der Waals surface area contributed by atoms with Crippen molar-refractivity contribution in [3.8, 4) is 0 Å². The lowest BCUT2D eigenvalue weighted by Crippen LogP contribution is -2.06. The summed E-state index contributed by atoms with van der Waals surface area (Å²) in [4.78, 5) is 4.64. The summed E-state index contributed by atoms with van der Waals surface area (Å²) < 4.78 is 15.8. The highest BCUT2D eigenvalue weighted by molar-refractivity contribution is 5.76. The van der Waals surface area contributed by atoms with Gasteiger partial charge < -0.3 is 10.3 Å². The van der Waals surface area contributed by atoms with Crippen LogP contribution in [0.5, 0.6) is 0 Å². The van der Waals surface area contributed by atoms with Crippen molar-refractivity contribution in [2.24, 2.45) is 5.73 Å². The van der Waals surface area contributed by atoms with Gasteiger partial charge in [0.25, 0.3) is 0 Å². The number of hydrogen-bond donors (Lipinski definition) is 1. The molecule has 0 amide bonds. The summed E-state index contributed by atoms with van der Waals surface area (Å²) in [5, 5.41) is 0. The largest absolute Gasteiger partial charge is 0.326 e. The van der Waals surface area contributed by atoms with Crippen molar-refractivity contribution in [3.63, 3.8) is 0 Å². The predicted molar refractivity (Wildman–Crippen MR) is 82.5 cm³/mol. The fourth-order valence-corrected chi connectivity index (χ4v) is 2.68. The second kappa shape index (κ2) is 5.66. The second-order valence-electron chi connectivity index (χ2n) is 5.13. The molecule has 4 heteroatoms. The fraction of sp³-hybridized carbons (Fsp3) is 0.235. The van der Waals surface area contributed by atoms with Crippen molar-refractivity contribution >= 4 is 11.0 Å². The van der Waals surface area contributed by atoms with E-state index in [1.165, 1.54) is 6.07 Å². The first-order valence-electron chi connectivity index (χ1n) is 7.14. The molecule has 0 atom stereocenters. The minimum Gasteiger partial charge on any atom is -0.326 e. The summed E-state index contributed by atoms with van der Waals surface area (Å²) >= 11 is 0. The molecule has 0 spiro atoms. The van der Waals surface area contributed by atoms with Gasteiger partial charge in [-0.2, -0.15) is 0 Å². The molecule has 2 aromatic carbocycles. The Balaban J connectivity index is 2.07. The van der Waals surface area contributed by atoms with Gasteiger partial charge in [0.1, 0.15) is 11.6 Å². The van der Waals surface area contributed by atoms with Crippen LogP contribution < -0.4 is 5.73 Å². The van der Waals surface area contributed by atoms with Crippen molar-refractivity contribution in [3.05, 3.63) is 65.2 Å². The number of aromatic nitrogens is 2. The molecule has 0 radical (unpaired) electrons. The van der Waals surface area contributed by atoms with Gasteiger partial charge in [0.15, 0.2) is 0 Å². The zero-order valence-electron chi connectivity index (χ0n) is 12.0. The van der Waals surface area contributed by atoms with Crippen LogP contribution in [0, 0.1) is 5.82 Å². The van der Waals surface area contributed by atoms with E-state index in [-0.39, 0.29) is 5.82 Å². The Labute approximate surface area is 123 Å². The van der Waals surface area contributed by atoms with Crippen LogP contribution in [0.3, 0.4) is 0 Å². The minimum atomic E-state index is -0.240. The molecule has 0 aliphatic carbocycles. The predicted octanol–water partition coefficient (Wildman–Crippen LogP) is 3.24. The highest BCUT2D eigenvalue weighted by Gasteiger charge is 2.10. The Morgan fingerprint density at radius 3 is 2.67 bits per heavy atom. The van der Waals surface area contributed by atoms with Gasteiger partial charge in [0.05, 0.1) is 11.0 Å². The number of nitrogens with two attached hydrogens (primary N) is 1. The molecule has 0 saturated heterocycles. The molecule has 0 aliphatic heterocycles. The molecule has 0 bridgehead atoms. The summed E-state index contributed by atoms with van der Waals surface area (Å²) in [6, 6.07) is 13.0. The van der Waals surface area contributed by atoms with Gasteiger partial charge in [-0.3, -0.25) is 0 Å². The van der Waals surface area contributed by atoms with Crippen LogP contribution >= 0.6 is 0 Å². The molecule has 0 saturated carbocycles. The first-order chi connectivity index (χ1) is 10.2. The summed E-state index contributed by atoms with van der Waals surface area (Å²) in [6.07, 6.45) is 0.841. The Morgan fingerprint density at radius 2 is 1.90 bits per heavy atom. The van der Waals surface area contributed by atoms with Gasteiger partial charge in [-0.05, 0) is 35.4 Å². The molecule has 3 nitrogen and oxygen atoms in total. The van der Waals surface area contributed by atoms with E-state index in [0.29, 0.717) is 13.1 Å². The monoisotopic (exact) mass is 283 g/mol. The highest BCUT2D eigenvalue weighted by atomic mass is 19.1. The number of benzene rings is 2. The van der Waals surface area contributed by atoms with E-state index in [9.17, 15) is 4.39 Å². The van der Waals surface area contributed by atoms with Gasteiger partial charge in [0, 0.05) is 19.5 Å². The zero-order chi connectivity index (χ0) is 14.8. The average Bonchev–Trinajstić information content (AvgIpc) is 2.85. The lowest BCUT2D eigenvalue weighted by molar-refractivity contribution is 0.620. The Bertz CT molecular complexity index is 777. The van der Waals surface area contributed by atoms with Crippen molar-refractivity contribution in [2.75, 3.05) is 0 Å². The van der Waals surface area contributed by atoms with E-state index in [4.69, 9.17) is 5.73 Å². The molecule has 1 aromatic heterocycles. The van der Waals surface area contributed by atoms with E-state index in [1.54, 1.807) is 6.07 Å². The minimum absolute atomic E-state index is 0.240. The summed E-state index contributed by atoms with van der Waals surface area (Å²) in [6.45, 7) is 3.03. The molecule has 1 heterocycles. The fourth-order valence-electron chi connectivity index (χ4n) is 2.68. The summed E-state index contributed by atoms with van der Waals surface area (Å²) in [7, 11) is 0. The third-order valence-electron chi connectivity index (χ3n) is 3.64. The van der Waals surface area contributed by atoms with E-state index in [1.807, 2.05) is 30.3 Å². The smallest absolute Gasteiger partial charge is 0.123 e. The maximum atomic E-state index is 13.7. The molecule has 21 heavy (non-hydrogen) atoms. The number of rotatable bonds is 4. The number of fused-ring (bicyclic) bond motifs is 1. The van der Waals surface area contributed by atoms with E-state index in [0.717, 1.165) is 34.4 Å². The van der Waals surface area contributed by atoms with E-state index < -0.39 is 0 Å². The molecule has 108 valence electrons. The summed E-state index contributed by atoms with van der Waals surface area (Å²) in [5.41, 5.74) is 9.40. The Morgan fingerprint density at radius 1 is 1.14 bits per heavy atom. The van der Waals surface area contributed by atoms with Crippen LogP contribution in [-0.2, 0) is 19.5 Å². The van der Waals surface area contributed by atoms with Crippen LogP contribution in [-0.4, -0.2) is 9.55 Å². The number of hydrogen-bond acceptors (Lipinski definition) is 2. The third-order valence-corrected chi connectivity index (χ3v) is 3.64. The van der Waals surface area contributed by atoms with Gasteiger partial charge in [-0.25, -0.2) is 9.37 Å². The number of halogens is 1. The highest BCUT2D eigenvalue weighted by Crippen LogP contribution is 2.19. The quantitative estimate of drug-likeness (QED) is 0.798. The number of para-hydroxylation sites is 2. The standard InChI is InChI=1S/C17H18FN3/c1-2-17-20-15-5-3-4-6-16(15)21(17)11-13-7-12(10-19)8-14(18)9-13/h3-9H,2,10-11,19H2,1H3. The lowest BCUT2D eigenvalue weighted by atomic mass is 10.1. The van der Waals surface area contributed by atoms with Gasteiger partial charge in [-0.1, -0.05) is 25.1 Å². The maximum absolute atomic E-state index is 13.7. The first kappa shape index (κ1) is 13.8. The number of nitrogens with zero attached hydrogens (tertiary/aromatic N) is 2. The van der Waals surface area contributed by atoms with Crippen LogP contribution in [0.1, 0.15) is 23.9 Å². The van der Waals surface area contributed by atoms with Crippen molar-refractivity contribution < 1.29 is 4.39 Å². The van der Waals surface area contributed by atoms with Crippen molar-refractivity contribution in [2.45, 2.75) is 26.4 Å². The summed E-state index contributed by atoms with van der Waals surface area (Å²) in [5.74, 6) is 0.769. The average molecular weight is 283 g/mol. The number of aryl methyl sites for hydroxylation is 1. The van der Waals surface area contributed by atoms with Crippen LogP contribution in [0.25, 0.3) is 11.0 Å². The molecule has 2 N–H and O–H groups in total. The van der Waals surface area contributed by atoms with Gasteiger partial charge >= 0.3 is 0 Å². The number of imidazole rings is 1. The topological polar surface area (TPSA) is 43.8 Å². The van der Waals surface area contributed by atoms with E-state index in [2.05, 4.69) is 16.5 Å². The maximum Gasteiger partial charge on any atom is 0.123 e. The lowest BCUT2D eigenvalue weighted by Gasteiger charge is -2.10. The van der Waals surface area contributed by atoms with Crippen LogP contribution in [0.4, 0.5) is 4.39 Å². The molecular weight excluding hydrogens is 265 g/mol. The first-order valence-corrected chi connectivity index (χ1v) is 7.14.